The molecule has 0 aromatic heterocycles. The molecule has 0 aliphatic rings. The van der Waals surface area contributed by atoms with Crippen molar-refractivity contribution in [2.45, 2.75) is 0 Å². The average Bonchev–Trinajstić information content (AvgIpc) is 2.59. The molecule has 0 aliphatic carbocycles. The van der Waals surface area contributed by atoms with Crippen molar-refractivity contribution in [3.63, 3.8) is 0 Å². The van der Waals surface area contributed by atoms with Crippen LogP contribution in [0, 0.1) is 0 Å². The number of benzene rings is 1. The van der Waals surface area contributed by atoms with Gasteiger partial charge in [0, 0.05) is 10.9 Å². The number of esters is 1. The number of carbonyl (C=O) groups is 2. The fourth-order valence-corrected chi connectivity index (χ4v) is 1.79. The molecule has 0 fully saturated rings. The van der Waals surface area contributed by atoms with Gasteiger partial charge in [0.05, 0.1) is 39.6 Å². The molecule has 0 bridgehead atoms. The Morgan fingerprint density at radius 1 is 0.783 bits per heavy atom. The molecule has 128 valence electrons. The van der Waals surface area contributed by atoms with Crippen LogP contribution in [0.25, 0.3) is 0 Å². The lowest BCUT2D eigenvalue weighted by atomic mass is 10.1. The molecule has 1 aromatic carbocycles. The van der Waals surface area contributed by atoms with Gasteiger partial charge in [-0.05, 0) is 0 Å². The predicted molar refractivity (Wildman–Crippen MR) is 88.0 cm³/mol. The molecule has 7 heteroatoms. The van der Waals surface area contributed by atoms with Crippen molar-refractivity contribution in [1.82, 2.24) is 0 Å². The van der Waals surface area contributed by atoms with E-state index in [1.807, 2.05) is 0 Å². The van der Waals surface area contributed by atoms with E-state index in [2.05, 4.69) is 15.9 Å². The molecule has 0 N–H and O–H groups in total. The number of alkyl halides is 1. The Hall–Kier alpha value is -1.28. The number of hydrogen-bond acceptors (Lipinski definition) is 6. The summed E-state index contributed by atoms with van der Waals surface area (Å²) >= 11 is 3.26. The van der Waals surface area contributed by atoms with Crippen molar-refractivity contribution in [2.24, 2.45) is 0 Å². The van der Waals surface area contributed by atoms with E-state index in [1.165, 1.54) is 0 Å². The lowest BCUT2D eigenvalue weighted by Crippen LogP contribution is -2.20. The van der Waals surface area contributed by atoms with Crippen LogP contribution in [0.15, 0.2) is 30.3 Å². The zero-order valence-electron chi connectivity index (χ0n) is 12.9. The van der Waals surface area contributed by atoms with Gasteiger partial charge in [-0.1, -0.05) is 46.3 Å². The topological polar surface area (TPSA) is 71.1 Å². The van der Waals surface area contributed by atoms with Crippen molar-refractivity contribution in [3.8, 4) is 0 Å². The first-order chi connectivity index (χ1) is 11.3. The van der Waals surface area contributed by atoms with Crippen LogP contribution in [0.1, 0.15) is 10.4 Å². The Balaban J connectivity index is 1.96. The minimum absolute atomic E-state index is 0.0335. The van der Waals surface area contributed by atoms with E-state index in [-0.39, 0.29) is 13.2 Å². The number of Topliss-reactive ketones (excluding diaryl/α,β-unsaturated/α-hetero) is 1. The Morgan fingerprint density at radius 2 is 1.30 bits per heavy atom. The molecule has 0 atom stereocenters. The van der Waals surface area contributed by atoms with Crippen LogP contribution in [0.3, 0.4) is 0 Å². The molecule has 0 radical (unpaired) electrons. The molecular formula is C16H21BrO6. The Labute approximate surface area is 144 Å². The van der Waals surface area contributed by atoms with Crippen molar-refractivity contribution in [2.75, 3.05) is 51.6 Å². The molecule has 1 aromatic rings. The van der Waals surface area contributed by atoms with Gasteiger partial charge in [-0.3, -0.25) is 4.79 Å². The van der Waals surface area contributed by atoms with E-state index in [0.29, 0.717) is 38.6 Å². The lowest BCUT2D eigenvalue weighted by Gasteiger charge is -2.07. The minimum Gasteiger partial charge on any atom is -0.457 e. The third kappa shape index (κ3) is 9.45. The van der Waals surface area contributed by atoms with Gasteiger partial charge in [0.2, 0.25) is 0 Å². The van der Waals surface area contributed by atoms with Gasteiger partial charge in [-0.15, -0.1) is 0 Å². The summed E-state index contributed by atoms with van der Waals surface area (Å²) in [6.07, 6.45) is 0. The van der Waals surface area contributed by atoms with Crippen LogP contribution in [-0.2, 0) is 23.7 Å². The second-order valence-electron chi connectivity index (χ2n) is 4.36. The maximum absolute atomic E-state index is 11.7. The first-order valence-electron chi connectivity index (χ1n) is 7.31. The second kappa shape index (κ2) is 13.2. The van der Waals surface area contributed by atoms with E-state index in [1.54, 1.807) is 30.3 Å². The van der Waals surface area contributed by atoms with Gasteiger partial charge in [-0.2, -0.15) is 0 Å². The average molecular weight is 389 g/mol. The highest BCUT2D eigenvalue weighted by molar-refractivity contribution is 9.09. The summed E-state index contributed by atoms with van der Waals surface area (Å²) in [6, 6.07) is 8.28. The van der Waals surface area contributed by atoms with Crippen LogP contribution in [0.4, 0.5) is 0 Å². The van der Waals surface area contributed by atoms with Crippen molar-refractivity contribution >= 4 is 27.7 Å². The summed E-state index contributed by atoms with van der Waals surface area (Å²) in [7, 11) is 0. The number of hydrogen-bond donors (Lipinski definition) is 0. The van der Waals surface area contributed by atoms with Crippen molar-refractivity contribution in [3.05, 3.63) is 35.9 Å². The van der Waals surface area contributed by atoms with Gasteiger partial charge < -0.3 is 18.9 Å². The van der Waals surface area contributed by atoms with Gasteiger partial charge in [0.1, 0.15) is 6.61 Å². The maximum Gasteiger partial charge on any atom is 0.379 e. The SMILES string of the molecule is O=C(OCCOCCOCCOCCBr)C(=O)c1ccccc1. The van der Waals surface area contributed by atoms with E-state index in [9.17, 15) is 9.59 Å². The zero-order valence-corrected chi connectivity index (χ0v) is 14.5. The Morgan fingerprint density at radius 3 is 1.87 bits per heavy atom. The summed E-state index contributed by atoms with van der Waals surface area (Å²) < 4.78 is 20.6. The van der Waals surface area contributed by atoms with Gasteiger partial charge >= 0.3 is 5.97 Å². The zero-order chi connectivity index (χ0) is 16.8. The van der Waals surface area contributed by atoms with E-state index < -0.39 is 11.8 Å². The van der Waals surface area contributed by atoms with Crippen LogP contribution >= 0.6 is 15.9 Å². The quantitative estimate of drug-likeness (QED) is 0.169. The standard InChI is InChI=1S/C16H21BrO6/c17-6-7-20-8-9-21-10-11-22-12-13-23-16(19)15(18)14-4-2-1-3-5-14/h1-5H,6-13H2. The Bertz CT molecular complexity index is 451. The minimum atomic E-state index is -0.875. The van der Waals surface area contributed by atoms with Crippen LogP contribution in [0.2, 0.25) is 0 Å². The van der Waals surface area contributed by atoms with Gasteiger partial charge in [0.15, 0.2) is 0 Å². The normalized spacial score (nSPS) is 10.5. The van der Waals surface area contributed by atoms with Crippen LogP contribution < -0.4 is 0 Å². The monoisotopic (exact) mass is 388 g/mol. The summed E-state index contributed by atoms with van der Waals surface area (Å²) in [5.74, 6) is -1.53. The van der Waals surface area contributed by atoms with Gasteiger partial charge in [0.25, 0.3) is 5.78 Å². The molecule has 1 rings (SSSR count). The van der Waals surface area contributed by atoms with Crippen molar-refractivity contribution in [1.29, 1.82) is 0 Å². The number of carbonyl (C=O) groups excluding carboxylic acids is 2. The summed E-state index contributed by atoms with van der Waals surface area (Å²) in [6.45, 7) is 2.80. The Kier molecular flexibility index (Phi) is 11.3. The molecule has 23 heavy (non-hydrogen) atoms. The molecule has 0 unspecified atom stereocenters. The fourth-order valence-electron chi connectivity index (χ4n) is 1.56. The lowest BCUT2D eigenvalue weighted by molar-refractivity contribution is -0.139. The summed E-state index contributed by atoms with van der Waals surface area (Å²) in [5.41, 5.74) is 0.314. The third-order valence-electron chi connectivity index (χ3n) is 2.65. The smallest absolute Gasteiger partial charge is 0.379 e. The molecule has 0 amide bonds. The first kappa shape index (κ1) is 19.8. The largest absolute Gasteiger partial charge is 0.457 e. The number of ether oxygens (including phenoxy) is 4. The van der Waals surface area contributed by atoms with E-state index in [0.717, 1.165) is 5.33 Å². The first-order valence-corrected chi connectivity index (χ1v) is 8.43. The molecule has 0 spiro atoms. The summed E-state index contributed by atoms with van der Waals surface area (Å²) in [4.78, 5) is 23.2. The summed E-state index contributed by atoms with van der Waals surface area (Å²) in [5, 5.41) is 0.807. The fraction of sp³-hybridized carbons (Fsp3) is 0.500. The highest BCUT2D eigenvalue weighted by Crippen LogP contribution is 2.01. The highest BCUT2D eigenvalue weighted by atomic mass is 79.9. The predicted octanol–water partition coefficient (Wildman–Crippen LogP) is 1.86. The van der Waals surface area contributed by atoms with Crippen LogP contribution in [-0.4, -0.2) is 63.3 Å². The highest BCUT2D eigenvalue weighted by Gasteiger charge is 2.16. The van der Waals surface area contributed by atoms with Crippen molar-refractivity contribution < 1.29 is 28.5 Å². The maximum atomic E-state index is 11.7. The molecule has 0 heterocycles. The molecule has 6 nitrogen and oxygen atoms in total. The molecule has 0 aliphatic heterocycles. The third-order valence-corrected chi connectivity index (χ3v) is 2.97. The van der Waals surface area contributed by atoms with Gasteiger partial charge in [-0.25, -0.2) is 4.79 Å². The molecule has 0 saturated carbocycles. The van der Waals surface area contributed by atoms with Crippen LogP contribution in [0.5, 0.6) is 0 Å². The second-order valence-corrected chi connectivity index (χ2v) is 5.15. The molecule has 0 saturated heterocycles. The van der Waals surface area contributed by atoms with E-state index >= 15 is 0 Å². The number of halogens is 1. The number of rotatable bonds is 13. The molecular weight excluding hydrogens is 368 g/mol. The number of ketones is 1. The van der Waals surface area contributed by atoms with E-state index in [4.69, 9.17) is 18.9 Å².